The highest BCUT2D eigenvalue weighted by molar-refractivity contribution is 9.10. The second-order valence-corrected chi connectivity index (χ2v) is 5.43. The molecule has 6 nitrogen and oxygen atoms in total. The maximum atomic E-state index is 11.9. The van der Waals surface area contributed by atoms with Crippen molar-refractivity contribution in [3.8, 4) is 0 Å². The van der Waals surface area contributed by atoms with E-state index in [1.807, 2.05) is 0 Å². The molecule has 0 aliphatic carbocycles. The van der Waals surface area contributed by atoms with Gasteiger partial charge in [-0.1, -0.05) is 0 Å². The first kappa shape index (κ1) is 14.9. The van der Waals surface area contributed by atoms with Crippen LogP contribution in [0.5, 0.6) is 0 Å². The lowest BCUT2D eigenvalue weighted by molar-refractivity contribution is -0.385. The van der Waals surface area contributed by atoms with Crippen molar-refractivity contribution in [2.24, 2.45) is 5.92 Å². The Morgan fingerprint density at radius 2 is 2.15 bits per heavy atom. The van der Waals surface area contributed by atoms with Crippen molar-refractivity contribution in [1.82, 2.24) is 0 Å². The van der Waals surface area contributed by atoms with E-state index in [-0.39, 0.29) is 11.3 Å². The van der Waals surface area contributed by atoms with Crippen molar-refractivity contribution >= 4 is 27.6 Å². The summed E-state index contributed by atoms with van der Waals surface area (Å²) in [4.78, 5) is 22.2. The highest BCUT2D eigenvalue weighted by Gasteiger charge is 2.19. The van der Waals surface area contributed by atoms with Crippen molar-refractivity contribution in [2.45, 2.75) is 12.8 Å². The maximum Gasteiger partial charge on any atom is 0.338 e. The van der Waals surface area contributed by atoms with E-state index in [1.54, 1.807) is 0 Å². The quantitative estimate of drug-likeness (QED) is 0.477. The van der Waals surface area contributed by atoms with Gasteiger partial charge in [0.2, 0.25) is 0 Å². The van der Waals surface area contributed by atoms with Gasteiger partial charge in [0.25, 0.3) is 5.69 Å². The van der Waals surface area contributed by atoms with Crippen molar-refractivity contribution in [1.29, 1.82) is 0 Å². The van der Waals surface area contributed by atoms with E-state index in [4.69, 9.17) is 9.47 Å². The number of hydrogen-bond acceptors (Lipinski definition) is 5. The van der Waals surface area contributed by atoms with Gasteiger partial charge in [0.15, 0.2) is 0 Å². The predicted molar refractivity (Wildman–Crippen MR) is 74.6 cm³/mol. The van der Waals surface area contributed by atoms with Crippen LogP contribution in [0.2, 0.25) is 0 Å². The minimum absolute atomic E-state index is 0.148. The lowest BCUT2D eigenvalue weighted by Crippen LogP contribution is -2.21. The van der Waals surface area contributed by atoms with E-state index in [0.29, 0.717) is 30.2 Å². The van der Waals surface area contributed by atoms with Crippen LogP contribution in [-0.4, -0.2) is 30.7 Å². The van der Waals surface area contributed by atoms with Gasteiger partial charge in [-0.15, -0.1) is 0 Å². The Morgan fingerprint density at radius 1 is 1.45 bits per heavy atom. The maximum absolute atomic E-state index is 11.9. The van der Waals surface area contributed by atoms with Crippen LogP contribution in [0.3, 0.4) is 0 Å². The van der Waals surface area contributed by atoms with E-state index in [9.17, 15) is 14.9 Å². The number of nitrogens with zero attached hydrogens (tertiary/aromatic N) is 1. The van der Waals surface area contributed by atoms with Crippen LogP contribution < -0.4 is 0 Å². The van der Waals surface area contributed by atoms with Crippen molar-refractivity contribution < 1.29 is 19.2 Å². The molecule has 2 rings (SSSR count). The topological polar surface area (TPSA) is 78.7 Å². The monoisotopic (exact) mass is 343 g/mol. The van der Waals surface area contributed by atoms with E-state index in [2.05, 4.69) is 15.9 Å². The molecule has 0 bridgehead atoms. The van der Waals surface area contributed by atoms with E-state index >= 15 is 0 Å². The third-order valence-electron chi connectivity index (χ3n) is 3.17. The number of benzene rings is 1. The van der Waals surface area contributed by atoms with Gasteiger partial charge in [0.1, 0.15) is 0 Å². The van der Waals surface area contributed by atoms with Gasteiger partial charge >= 0.3 is 5.97 Å². The molecule has 0 N–H and O–H groups in total. The van der Waals surface area contributed by atoms with Crippen LogP contribution in [0.1, 0.15) is 23.2 Å². The minimum Gasteiger partial charge on any atom is -0.462 e. The molecule has 0 aromatic heterocycles. The summed E-state index contributed by atoms with van der Waals surface area (Å²) in [5.74, 6) is -0.231. The smallest absolute Gasteiger partial charge is 0.338 e. The average molecular weight is 344 g/mol. The molecule has 1 aliphatic heterocycles. The first-order chi connectivity index (χ1) is 9.58. The van der Waals surface area contributed by atoms with Crippen LogP contribution in [0.25, 0.3) is 0 Å². The summed E-state index contributed by atoms with van der Waals surface area (Å²) in [5, 5.41) is 10.8. The Hall–Kier alpha value is -1.47. The second kappa shape index (κ2) is 6.81. The molecule has 0 amide bonds. The predicted octanol–water partition coefficient (Wildman–Crippen LogP) is 2.94. The summed E-state index contributed by atoms with van der Waals surface area (Å²) in [6.07, 6.45) is 1.74. The number of carbonyl (C=O) groups is 1. The summed E-state index contributed by atoms with van der Waals surface area (Å²) in [7, 11) is 0. The molecule has 1 aromatic rings. The van der Waals surface area contributed by atoms with Gasteiger partial charge in [0.05, 0.1) is 21.6 Å². The fraction of sp³-hybridized carbons (Fsp3) is 0.462. The average Bonchev–Trinajstić information content (AvgIpc) is 2.46. The molecule has 108 valence electrons. The highest BCUT2D eigenvalue weighted by Crippen LogP contribution is 2.26. The Kier molecular flexibility index (Phi) is 5.08. The Labute approximate surface area is 124 Å². The number of ether oxygens (including phenoxy) is 2. The van der Waals surface area contributed by atoms with Crippen molar-refractivity contribution in [3.05, 3.63) is 38.3 Å². The molecule has 0 unspecified atom stereocenters. The zero-order chi connectivity index (χ0) is 14.5. The third kappa shape index (κ3) is 3.77. The minimum atomic E-state index is -0.542. The fourth-order valence-electron chi connectivity index (χ4n) is 1.97. The third-order valence-corrected chi connectivity index (χ3v) is 3.84. The lowest BCUT2D eigenvalue weighted by atomic mass is 10.0. The fourth-order valence-corrected chi connectivity index (χ4v) is 2.36. The van der Waals surface area contributed by atoms with Gasteiger partial charge in [-0.3, -0.25) is 10.1 Å². The Balaban J connectivity index is 1.98. The molecule has 1 fully saturated rings. The van der Waals surface area contributed by atoms with E-state index in [1.165, 1.54) is 18.2 Å². The summed E-state index contributed by atoms with van der Waals surface area (Å²) < 4.78 is 10.8. The molecular formula is C13H14BrNO5. The zero-order valence-electron chi connectivity index (χ0n) is 10.7. The van der Waals surface area contributed by atoms with Crippen LogP contribution >= 0.6 is 15.9 Å². The van der Waals surface area contributed by atoms with E-state index < -0.39 is 10.9 Å². The van der Waals surface area contributed by atoms with Gasteiger partial charge in [-0.2, -0.15) is 0 Å². The molecule has 0 spiro atoms. The number of esters is 1. The first-order valence-electron chi connectivity index (χ1n) is 6.26. The van der Waals surface area contributed by atoms with Gasteiger partial charge < -0.3 is 9.47 Å². The molecule has 1 aromatic carbocycles. The van der Waals surface area contributed by atoms with Crippen molar-refractivity contribution in [3.63, 3.8) is 0 Å². The molecule has 20 heavy (non-hydrogen) atoms. The van der Waals surface area contributed by atoms with Crippen molar-refractivity contribution in [2.75, 3.05) is 19.8 Å². The lowest BCUT2D eigenvalue weighted by Gasteiger charge is -2.21. The number of nitro benzene ring substituents is 1. The number of nitro groups is 1. The normalized spacial score (nSPS) is 15.8. The summed E-state index contributed by atoms with van der Waals surface area (Å²) in [6.45, 7) is 1.70. The molecule has 1 aliphatic rings. The molecule has 0 atom stereocenters. The van der Waals surface area contributed by atoms with Gasteiger partial charge in [-0.05, 0) is 46.8 Å². The molecule has 1 heterocycles. The largest absolute Gasteiger partial charge is 0.462 e. The summed E-state index contributed by atoms with van der Waals surface area (Å²) in [5.41, 5.74) is 0.0393. The molecular weight excluding hydrogens is 330 g/mol. The highest BCUT2D eigenvalue weighted by atomic mass is 79.9. The van der Waals surface area contributed by atoms with Crippen LogP contribution in [0.15, 0.2) is 22.7 Å². The van der Waals surface area contributed by atoms with Crippen LogP contribution in [0, 0.1) is 16.0 Å². The standard InChI is InChI=1S/C13H14BrNO5/c14-11-2-1-10(7-12(11)15(17)18)13(16)20-8-9-3-5-19-6-4-9/h1-2,7,9H,3-6,8H2. The summed E-state index contributed by atoms with van der Waals surface area (Å²) in [6, 6.07) is 4.20. The Morgan fingerprint density at radius 3 is 2.80 bits per heavy atom. The van der Waals surface area contributed by atoms with Gasteiger partial charge in [0, 0.05) is 19.3 Å². The summed E-state index contributed by atoms with van der Waals surface area (Å²) >= 11 is 3.07. The molecule has 0 saturated carbocycles. The van der Waals surface area contributed by atoms with Crippen LogP contribution in [0.4, 0.5) is 5.69 Å². The molecule has 1 saturated heterocycles. The number of halogens is 1. The zero-order valence-corrected chi connectivity index (χ0v) is 12.3. The number of rotatable bonds is 4. The second-order valence-electron chi connectivity index (χ2n) is 4.58. The van der Waals surface area contributed by atoms with Gasteiger partial charge in [-0.25, -0.2) is 4.79 Å². The van der Waals surface area contributed by atoms with Crippen LogP contribution in [-0.2, 0) is 9.47 Å². The molecule has 7 heteroatoms. The Bertz CT molecular complexity index is 513. The molecule has 0 radical (unpaired) electrons. The number of hydrogen-bond donors (Lipinski definition) is 0. The number of carbonyl (C=O) groups excluding carboxylic acids is 1. The van der Waals surface area contributed by atoms with E-state index in [0.717, 1.165) is 12.8 Å². The first-order valence-corrected chi connectivity index (χ1v) is 7.06. The SMILES string of the molecule is O=C(OCC1CCOCC1)c1ccc(Br)c([N+](=O)[O-])c1.